The highest BCUT2D eigenvalue weighted by molar-refractivity contribution is 7.89. The average molecular weight is 494 g/mol. The number of benzene rings is 2. The van der Waals surface area contributed by atoms with E-state index in [0.29, 0.717) is 19.4 Å². The van der Waals surface area contributed by atoms with E-state index in [1.165, 1.54) is 20.7 Å². The third-order valence-corrected chi connectivity index (χ3v) is 9.86. The van der Waals surface area contributed by atoms with E-state index in [-0.39, 0.29) is 34.8 Å². The molecule has 0 spiro atoms. The molecule has 1 heterocycles. The molecule has 1 fully saturated rings. The fourth-order valence-corrected chi connectivity index (χ4v) is 6.59. The van der Waals surface area contributed by atoms with Gasteiger partial charge in [-0.25, -0.2) is 16.8 Å². The summed E-state index contributed by atoms with van der Waals surface area (Å²) in [5.41, 5.74) is 0.763. The molecular formula is C23H31N3O5S2. The van der Waals surface area contributed by atoms with E-state index in [2.05, 4.69) is 5.32 Å². The lowest BCUT2D eigenvalue weighted by molar-refractivity contribution is -0.126. The Morgan fingerprint density at radius 3 is 2.27 bits per heavy atom. The summed E-state index contributed by atoms with van der Waals surface area (Å²) in [4.78, 5) is 13.2. The lowest BCUT2D eigenvalue weighted by atomic mass is 9.99. The van der Waals surface area contributed by atoms with Crippen LogP contribution in [-0.2, 0) is 31.4 Å². The van der Waals surface area contributed by atoms with Crippen molar-refractivity contribution in [3.63, 3.8) is 0 Å². The monoisotopic (exact) mass is 493 g/mol. The van der Waals surface area contributed by atoms with Crippen LogP contribution in [0.2, 0.25) is 0 Å². The summed E-state index contributed by atoms with van der Waals surface area (Å²) in [7, 11) is -5.66. The Morgan fingerprint density at radius 1 is 1.03 bits per heavy atom. The van der Waals surface area contributed by atoms with Crippen molar-refractivity contribution in [1.82, 2.24) is 13.9 Å². The summed E-state index contributed by atoms with van der Waals surface area (Å²) < 4.78 is 53.6. The number of nitrogens with zero attached hydrogens (tertiary/aromatic N) is 2. The van der Waals surface area contributed by atoms with Crippen molar-refractivity contribution in [2.75, 3.05) is 20.1 Å². The van der Waals surface area contributed by atoms with Gasteiger partial charge in [0.05, 0.1) is 15.7 Å². The zero-order valence-electron chi connectivity index (χ0n) is 19.1. The molecule has 0 aromatic heterocycles. The van der Waals surface area contributed by atoms with Gasteiger partial charge in [-0.3, -0.25) is 4.79 Å². The maximum Gasteiger partial charge on any atom is 0.243 e. The van der Waals surface area contributed by atoms with E-state index in [0.717, 1.165) is 5.56 Å². The van der Waals surface area contributed by atoms with Crippen molar-refractivity contribution >= 4 is 26.0 Å². The molecule has 1 aliphatic rings. The third kappa shape index (κ3) is 5.81. The number of hydrogen-bond acceptors (Lipinski definition) is 5. The Hall–Kier alpha value is -2.27. The summed E-state index contributed by atoms with van der Waals surface area (Å²) in [6, 6.07) is 14.5. The van der Waals surface area contributed by atoms with Crippen LogP contribution in [0.15, 0.2) is 64.4 Å². The predicted molar refractivity (Wildman–Crippen MR) is 126 cm³/mol. The van der Waals surface area contributed by atoms with Gasteiger partial charge >= 0.3 is 0 Å². The number of amides is 1. The summed E-state index contributed by atoms with van der Waals surface area (Å²) in [6.07, 6.45) is 1.23. The smallest absolute Gasteiger partial charge is 0.243 e. The number of sulfonamides is 2. The fourth-order valence-electron chi connectivity index (χ4n) is 3.67. The van der Waals surface area contributed by atoms with Gasteiger partial charge in [0.2, 0.25) is 26.0 Å². The van der Waals surface area contributed by atoms with Crippen LogP contribution < -0.4 is 5.32 Å². The van der Waals surface area contributed by atoms with Gasteiger partial charge in [0.15, 0.2) is 0 Å². The molecule has 2 aromatic carbocycles. The Balaban J connectivity index is 1.61. The first-order valence-electron chi connectivity index (χ1n) is 10.9. The molecule has 1 amide bonds. The lowest BCUT2D eigenvalue weighted by Gasteiger charge is -2.31. The maximum atomic E-state index is 12.9. The first-order chi connectivity index (χ1) is 15.5. The number of piperidine rings is 1. The molecule has 0 bridgehead atoms. The highest BCUT2D eigenvalue weighted by Gasteiger charge is 2.33. The minimum absolute atomic E-state index is 0.141. The van der Waals surface area contributed by atoms with Crippen LogP contribution in [0.4, 0.5) is 0 Å². The number of nitrogens with one attached hydrogen (secondary N) is 1. The molecular weight excluding hydrogens is 462 g/mol. The predicted octanol–water partition coefficient (Wildman–Crippen LogP) is 2.43. The first-order valence-corrected chi connectivity index (χ1v) is 13.8. The number of hydrogen-bond donors (Lipinski definition) is 1. The SMILES string of the molecule is CC(C)N(C)S(=O)(=O)c1ccc(CNC(=O)C2CCCN(S(=O)(=O)c3ccccc3)C2)cc1. The molecule has 8 nitrogen and oxygen atoms in total. The molecule has 1 aliphatic heterocycles. The zero-order chi connectivity index (χ0) is 24.2. The Kier molecular flexibility index (Phi) is 7.94. The molecule has 3 rings (SSSR count). The third-order valence-electron chi connectivity index (χ3n) is 5.93. The van der Waals surface area contributed by atoms with Gasteiger partial charge < -0.3 is 5.32 Å². The van der Waals surface area contributed by atoms with E-state index in [1.54, 1.807) is 63.4 Å². The molecule has 2 aromatic rings. The molecule has 1 saturated heterocycles. The highest BCUT2D eigenvalue weighted by atomic mass is 32.2. The van der Waals surface area contributed by atoms with E-state index in [1.807, 2.05) is 0 Å². The first kappa shape index (κ1) is 25.4. The Labute approximate surface area is 196 Å². The van der Waals surface area contributed by atoms with Gasteiger partial charge in [0.1, 0.15) is 0 Å². The standard InChI is InChI=1S/C23H31N3O5S2/c1-18(2)25(3)32(28,29)22-13-11-19(12-14-22)16-24-23(27)20-8-7-15-26(17-20)33(30,31)21-9-5-4-6-10-21/h4-6,9-14,18,20H,7-8,15-17H2,1-3H3,(H,24,27). The molecule has 0 aliphatic carbocycles. The highest BCUT2D eigenvalue weighted by Crippen LogP contribution is 2.24. The van der Waals surface area contributed by atoms with Gasteiger partial charge in [0.25, 0.3) is 0 Å². The van der Waals surface area contributed by atoms with Crippen molar-refractivity contribution < 1.29 is 21.6 Å². The summed E-state index contributed by atoms with van der Waals surface area (Å²) in [5, 5.41) is 2.86. The van der Waals surface area contributed by atoms with Gasteiger partial charge in [-0.2, -0.15) is 8.61 Å². The van der Waals surface area contributed by atoms with Crippen LogP contribution in [0.1, 0.15) is 32.3 Å². The Bertz CT molecular complexity index is 1160. The summed E-state index contributed by atoms with van der Waals surface area (Å²) >= 11 is 0. The van der Waals surface area contributed by atoms with E-state index in [4.69, 9.17) is 0 Å². The molecule has 0 radical (unpaired) electrons. The van der Waals surface area contributed by atoms with Crippen LogP contribution in [0, 0.1) is 5.92 Å². The van der Waals surface area contributed by atoms with Crippen molar-refractivity contribution in [2.45, 2.75) is 49.1 Å². The van der Waals surface area contributed by atoms with Crippen LogP contribution in [-0.4, -0.2) is 57.5 Å². The quantitative estimate of drug-likeness (QED) is 0.608. The van der Waals surface area contributed by atoms with Gasteiger partial charge in [0, 0.05) is 32.7 Å². The number of rotatable bonds is 8. The zero-order valence-corrected chi connectivity index (χ0v) is 20.8. The minimum atomic E-state index is -3.64. The van der Waals surface area contributed by atoms with Crippen molar-refractivity contribution in [3.8, 4) is 0 Å². The van der Waals surface area contributed by atoms with Gasteiger partial charge in [-0.05, 0) is 56.5 Å². The van der Waals surface area contributed by atoms with E-state index >= 15 is 0 Å². The summed E-state index contributed by atoms with van der Waals surface area (Å²) in [5.74, 6) is -0.643. The molecule has 180 valence electrons. The number of carbonyl (C=O) groups is 1. The van der Waals surface area contributed by atoms with Crippen LogP contribution in [0.25, 0.3) is 0 Å². The molecule has 33 heavy (non-hydrogen) atoms. The lowest BCUT2D eigenvalue weighted by Crippen LogP contribution is -2.45. The topological polar surface area (TPSA) is 104 Å². The van der Waals surface area contributed by atoms with Crippen molar-refractivity contribution in [3.05, 3.63) is 60.2 Å². The van der Waals surface area contributed by atoms with Gasteiger partial charge in [-0.1, -0.05) is 30.3 Å². The van der Waals surface area contributed by atoms with Crippen LogP contribution >= 0.6 is 0 Å². The second-order valence-electron chi connectivity index (χ2n) is 8.49. The molecule has 1 atom stereocenters. The normalized spacial score (nSPS) is 17.9. The second kappa shape index (κ2) is 10.3. The van der Waals surface area contributed by atoms with Crippen molar-refractivity contribution in [1.29, 1.82) is 0 Å². The Morgan fingerprint density at radius 2 is 1.67 bits per heavy atom. The van der Waals surface area contributed by atoms with Crippen LogP contribution in [0.3, 0.4) is 0 Å². The second-order valence-corrected chi connectivity index (χ2v) is 12.4. The van der Waals surface area contributed by atoms with E-state index in [9.17, 15) is 21.6 Å². The van der Waals surface area contributed by atoms with Gasteiger partial charge in [-0.15, -0.1) is 0 Å². The van der Waals surface area contributed by atoms with E-state index < -0.39 is 26.0 Å². The van der Waals surface area contributed by atoms with Crippen LogP contribution in [0.5, 0.6) is 0 Å². The molecule has 0 saturated carbocycles. The summed E-state index contributed by atoms with van der Waals surface area (Å²) in [6.45, 7) is 4.38. The molecule has 1 unspecified atom stereocenters. The maximum absolute atomic E-state index is 12.9. The molecule has 10 heteroatoms. The minimum Gasteiger partial charge on any atom is -0.352 e. The largest absolute Gasteiger partial charge is 0.352 e. The number of carbonyl (C=O) groups excluding carboxylic acids is 1. The average Bonchev–Trinajstić information content (AvgIpc) is 2.82. The molecule has 1 N–H and O–H groups in total. The van der Waals surface area contributed by atoms with Crippen molar-refractivity contribution in [2.24, 2.45) is 5.92 Å². The fraction of sp³-hybridized carbons (Fsp3) is 0.435.